The van der Waals surface area contributed by atoms with E-state index in [1.54, 1.807) is 48.5 Å². The zero-order valence-corrected chi connectivity index (χ0v) is 17.8. The second-order valence-electron chi connectivity index (χ2n) is 6.56. The van der Waals surface area contributed by atoms with Crippen molar-refractivity contribution in [2.24, 2.45) is 0 Å². The number of hydrogen-bond acceptors (Lipinski definition) is 4. The standard InChI is InChI=1S/C20H25ClN2O4S/c1-4-15(2)22-20(24)14-27-19-11-9-18(10-12-19)23(28(3,25)26)13-16-5-7-17(21)8-6-16/h5-12,15H,4,13-14H2,1-3H3,(H,22,24). The Bertz CT molecular complexity index is 883. The molecule has 2 rings (SSSR count). The van der Waals surface area contributed by atoms with Crippen molar-refractivity contribution in [1.82, 2.24) is 5.32 Å². The first-order chi connectivity index (χ1) is 13.2. The lowest BCUT2D eigenvalue weighted by Crippen LogP contribution is -2.35. The van der Waals surface area contributed by atoms with Gasteiger partial charge in [-0.2, -0.15) is 0 Å². The molecule has 0 aliphatic carbocycles. The van der Waals surface area contributed by atoms with E-state index in [-0.39, 0.29) is 25.1 Å². The van der Waals surface area contributed by atoms with E-state index in [2.05, 4.69) is 5.32 Å². The van der Waals surface area contributed by atoms with Crippen molar-refractivity contribution in [2.75, 3.05) is 17.2 Å². The zero-order valence-electron chi connectivity index (χ0n) is 16.2. The summed E-state index contributed by atoms with van der Waals surface area (Å²) in [7, 11) is -3.49. The maximum Gasteiger partial charge on any atom is 0.258 e. The molecule has 0 aromatic heterocycles. The van der Waals surface area contributed by atoms with Gasteiger partial charge in [0.05, 0.1) is 18.5 Å². The molecule has 28 heavy (non-hydrogen) atoms. The molecule has 6 nitrogen and oxygen atoms in total. The van der Waals surface area contributed by atoms with Crippen molar-refractivity contribution in [2.45, 2.75) is 32.9 Å². The molecule has 0 aliphatic heterocycles. The van der Waals surface area contributed by atoms with E-state index < -0.39 is 10.0 Å². The summed E-state index contributed by atoms with van der Waals surface area (Å²) in [5.74, 6) is 0.293. The molecule has 0 heterocycles. The van der Waals surface area contributed by atoms with Crippen molar-refractivity contribution < 1.29 is 17.9 Å². The maximum atomic E-state index is 12.2. The maximum absolute atomic E-state index is 12.2. The van der Waals surface area contributed by atoms with Crippen LogP contribution in [0.15, 0.2) is 48.5 Å². The molecule has 2 aromatic rings. The lowest BCUT2D eigenvalue weighted by Gasteiger charge is -2.23. The van der Waals surface area contributed by atoms with Crippen LogP contribution in [0, 0.1) is 0 Å². The van der Waals surface area contributed by atoms with E-state index in [1.807, 2.05) is 13.8 Å². The minimum absolute atomic E-state index is 0.0923. The third kappa shape index (κ3) is 6.73. The Hall–Kier alpha value is -2.25. The fourth-order valence-electron chi connectivity index (χ4n) is 2.43. The molecule has 8 heteroatoms. The highest BCUT2D eigenvalue weighted by Crippen LogP contribution is 2.24. The molecule has 1 atom stereocenters. The molecule has 1 N–H and O–H groups in total. The summed E-state index contributed by atoms with van der Waals surface area (Å²) in [6.07, 6.45) is 2.00. The molecule has 152 valence electrons. The van der Waals surface area contributed by atoms with Gasteiger partial charge in [0.1, 0.15) is 5.75 Å². The molecule has 2 aromatic carbocycles. The number of nitrogens with one attached hydrogen (secondary N) is 1. The molecule has 0 saturated carbocycles. The van der Waals surface area contributed by atoms with Gasteiger partial charge in [-0.1, -0.05) is 30.7 Å². The smallest absolute Gasteiger partial charge is 0.258 e. The first-order valence-corrected chi connectivity index (χ1v) is 11.2. The summed E-state index contributed by atoms with van der Waals surface area (Å²) in [6.45, 7) is 4.01. The average Bonchev–Trinajstić information content (AvgIpc) is 2.65. The number of ether oxygens (including phenoxy) is 1. The Morgan fingerprint density at radius 2 is 1.75 bits per heavy atom. The molecule has 0 aliphatic rings. The highest BCUT2D eigenvalue weighted by Gasteiger charge is 2.18. The third-order valence-electron chi connectivity index (χ3n) is 4.15. The average molecular weight is 425 g/mol. The van der Waals surface area contributed by atoms with Gasteiger partial charge in [0.2, 0.25) is 10.0 Å². The van der Waals surface area contributed by atoms with Gasteiger partial charge < -0.3 is 10.1 Å². The first-order valence-electron chi connectivity index (χ1n) is 8.93. The molecule has 1 amide bonds. The van der Waals surface area contributed by atoms with E-state index in [9.17, 15) is 13.2 Å². The first kappa shape index (κ1) is 22.0. The molecule has 0 bridgehead atoms. The summed E-state index contributed by atoms with van der Waals surface area (Å²) in [5.41, 5.74) is 1.32. The summed E-state index contributed by atoms with van der Waals surface area (Å²) in [4.78, 5) is 11.8. The largest absolute Gasteiger partial charge is 0.484 e. The Morgan fingerprint density at radius 1 is 1.14 bits per heavy atom. The quantitative estimate of drug-likeness (QED) is 0.667. The van der Waals surface area contributed by atoms with Crippen LogP contribution in [-0.4, -0.2) is 33.2 Å². The van der Waals surface area contributed by atoms with Gasteiger partial charge >= 0.3 is 0 Å². The highest BCUT2D eigenvalue weighted by molar-refractivity contribution is 7.92. The van der Waals surface area contributed by atoms with Crippen molar-refractivity contribution in [3.05, 3.63) is 59.1 Å². The number of benzene rings is 2. The Balaban J connectivity index is 2.07. The molecule has 0 radical (unpaired) electrons. The Morgan fingerprint density at radius 3 is 2.29 bits per heavy atom. The van der Waals surface area contributed by atoms with Crippen LogP contribution in [0.25, 0.3) is 0 Å². The third-order valence-corrected chi connectivity index (χ3v) is 5.55. The van der Waals surface area contributed by atoms with Crippen LogP contribution in [0.4, 0.5) is 5.69 Å². The molecule has 0 saturated heterocycles. The predicted molar refractivity (Wildman–Crippen MR) is 112 cm³/mol. The number of carbonyl (C=O) groups excluding carboxylic acids is 1. The van der Waals surface area contributed by atoms with Gasteiger partial charge in [0, 0.05) is 11.1 Å². The van der Waals surface area contributed by atoms with Crippen molar-refractivity contribution in [1.29, 1.82) is 0 Å². The summed E-state index contributed by atoms with van der Waals surface area (Å²) in [6, 6.07) is 13.7. The van der Waals surface area contributed by atoms with Gasteiger partial charge in [-0.05, 0) is 55.3 Å². The topological polar surface area (TPSA) is 75.7 Å². The second kappa shape index (κ2) is 9.80. The predicted octanol–water partition coefficient (Wildman–Crippen LogP) is 3.60. The lowest BCUT2D eigenvalue weighted by atomic mass is 10.2. The minimum Gasteiger partial charge on any atom is -0.484 e. The van der Waals surface area contributed by atoms with Gasteiger partial charge in [-0.15, -0.1) is 0 Å². The van der Waals surface area contributed by atoms with E-state index >= 15 is 0 Å². The molecule has 0 fully saturated rings. The van der Waals surface area contributed by atoms with Crippen LogP contribution in [0.5, 0.6) is 5.75 Å². The fourth-order valence-corrected chi connectivity index (χ4v) is 3.45. The number of halogens is 1. The van der Waals surface area contributed by atoms with Crippen LogP contribution >= 0.6 is 11.6 Å². The van der Waals surface area contributed by atoms with Crippen LogP contribution in [0.3, 0.4) is 0 Å². The minimum atomic E-state index is -3.49. The monoisotopic (exact) mass is 424 g/mol. The molecular weight excluding hydrogens is 400 g/mol. The SMILES string of the molecule is CCC(C)NC(=O)COc1ccc(N(Cc2ccc(Cl)cc2)S(C)(=O)=O)cc1. The number of nitrogens with zero attached hydrogens (tertiary/aromatic N) is 1. The van der Waals surface area contributed by atoms with Gasteiger partial charge in [-0.25, -0.2) is 8.42 Å². The van der Waals surface area contributed by atoms with Crippen molar-refractivity contribution in [3.63, 3.8) is 0 Å². The van der Waals surface area contributed by atoms with Crippen LogP contribution in [0.1, 0.15) is 25.8 Å². The number of hydrogen-bond donors (Lipinski definition) is 1. The molecular formula is C20H25ClN2O4S. The van der Waals surface area contributed by atoms with E-state index in [0.717, 1.165) is 18.2 Å². The molecule has 0 spiro atoms. The summed E-state index contributed by atoms with van der Waals surface area (Å²) in [5, 5.41) is 3.41. The molecule has 1 unspecified atom stereocenters. The number of amides is 1. The fraction of sp³-hybridized carbons (Fsp3) is 0.350. The number of anilines is 1. The summed E-state index contributed by atoms with van der Waals surface area (Å²) >= 11 is 5.89. The second-order valence-corrected chi connectivity index (χ2v) is 8.90. The van der Waals surface area contributed by atoms with Crippen molar-refractivity contribution in [3.8, 4) is 5.75 Å². The van der Waals surface area contributed by atoms with Crippen LogP contribution in [-0.2, 0) is 21.4 Å². The van der Waals surface area contributed by atoms with Crippen molar-refractivity contribution >= 4 is 33.2 Å². The van der Waals surface area contributed by atoms with Crippen LogP contribution in [0.2, 0.25) is 5.02 Å². The van der Waals surface area contributed by atoms with Gasteiger partial charge in [0.15, 0.2) is 6.61 Å². The highest BCUT2D eigenvalue weighted by atomic mass is 35.5. The zero-order chi connectivity index (χ0) is 20.7. The van der Waals surface area contributed by atoms with Gasteiger partial charge in [0.25, 0.3) is 5.91 Å². The Labute approximate surface area is 171 Å². The van der Waals surface area contributed by atoms with Crippen LogP contribution < -0.4 is 14.4 Å². The summed E-state index contributed by atoms with van der Waals surface area (Å²) < 4.78 is 31.3. The lowest BCUT2D eigenvalue weighted by molar-refractivity contribution is -0.123. The van der Waals surface area contributed by atoms with E-state index in [0.29, 0.717) is 16.5 Å². The number of carbonyl (C=O) groups is 1. The Kier molecular flexibility index (Phi) is 7.71. The van der Waals surface area contributed by atoms with E-state index in [1.165, 1.54) is 4.31 Å². The normalized spacial score (nSPS) is 12.3. The number of sulfonamides is 1. The van der Waals surface area contributed by atoms with Gasteiger partial charge in [-0.3, -0.25) is 9.10 Å². The number of rotatable bonds is 9. The van der Waals surface area contributed by atoms with E-state index in [4.69, 9.17) is 16.3 Å².